The molecule has 0 amide bonds. The van der Waals surface area contributed by atoms with Crippen molar-refractivity contribution in [3.05, 3.63) is 0 Å². The molecule has 0 aromatic carbocycles. The summed E-state index contributed by atoms with van der Waals surface area (Å²) in [5.41, 5.74) is 0.142. The van der Waals surface area contributed by atoms with Crippen LogP contribution in [-0.4, -0.2) is 51.6 Å². The van der Waals surface area contributed by atoms with Crippen molar-refractivity contribution in [1.82, 2.24) is 10.6 Å². The SMILES string of the molecule is COC1CC(CNCC(C)CCOC2(CNCC(C)C)CCC2)C1. The predicted molar refractivity (Wildman–Crippen MR) is 100 cm³/mol. The molecule has 0 saturated heterocycles. The van der Waals surface area contributed by atoms with Gasteiger partial charge < -0.3 is 20.1 Å². The second kappa shape index (κ2) is 10.1. The minimum atomic E-state index is 0.142. The van der Waals surface area contributed by atoms with Crippen molar-refractivity contribution in [2.24, 2.45) is 17.8 Å². The molecule has 0 aromatic rings. The van der Waals surface area contributed by atoms with Gasteiger partial charge in [-0.1, -0.05) is 20.8 Å². The summed E-state index contributed by atoms with van der Waals surface area (Å²) in [7, 11) is 1.82. The standard InChI is InChI=1S/C20H40N2O2/c1-16(2)12-22-15-20(7-5-8-20)24-9-6-17(3)13-21-14-18-10-19(11-18)23-4/h16-19,21-22H,5-15H2,1-4H3. The topological polar surface area (TPSA) is 42.5 Å². The maximum atomic E-state index is 6.30. The second-order valence-electron chi connectivity index (χ2n) is 8.66. The molecule has 0 radical (unpaired) electrons. The highest BCUT2D eigenvalue weighted by Gasteiger charge is 2.37. The van der Waals surface area contributed by atoms with Crippen molar-refractivity contribution in [2.45, 2.75) is 71.0 Å². The Bertz CT molecular complexity index is 339. The van der Waals surface area contributed by atoms with E-state index in [9.17, 15) is 0 Å². The Morgan fingerprint density at radius 2 is 1.83 bits per heavy atom. The number of hydrogen-bond donors (Lipinski definition) is 2. The van der Waals surface area contributed by atoms with Gasteiger partial charge in [-0.2, -0.15) is 0 Å². The lowest BCUT2D eigenvalue weighted by molar-refractivity contribution is -0.100. The summed E-state index contributed by atoms with van der Waals surface area (Å²) in [5.74, 6) is 2.22. The predicted octanol–water partition coefficient (Wildman–Crippen LogP) is 3.21. The Hall–Kier alpha value is -0.160. The molecule has 2 aliphatic rings. The van der Waals surface area contributed by atoms with Gasteiger partial charge in [-0.05, 0) is 75.9 Å². The first-order chi connectivity index (χ1) is 11.5. The monoisotopic (exact) mass is 340 g/mol. The quantitative estimate of drug-likeness (QED) is 0.540. The van der Waals surface area contributed by atoms with E-state index in [0.29, 0.717) is 17.9 Å². The van der Waals surface area contributed by atoms with Crippen LogP contribution in [0.4, 0.5) is 0 Å². The van der Waals surface area contributed by atoms with E-state index >= 15 is 0 Å². The fraction of sp³-hybridized carbons (Fsp3) is 1.00. The van der Waals surface area contributed by atoms with Crippen molar-refractivity contribution in [3.63, 3.8) is 0 Å². The Balaban J connectivity index is 1.49. The van der Waals surface area contributed by atoms with Crippen molar-refractivity contribution >= 4 is 0 Å². The molecule has 2 rings (SSSR count). The number of nitrogens with one attached hydrogen (secondary N) is 2. The van der Waals surface area contributed by atoms with Crippen LogP contribution >= 0.6 is 0 Å². The third-order valence-electron chi connectivity index (χ3n) is 5.74. The fourth-order valence-electron chi connectivity index (χ4n) is 3.68. The van der Waals surface area contributed by atoms with Crippen LogP contribution in [0, 0.1) is 17.8 Å². The second-order valence-corrected chi connectivity index (χ2v) is 8.66. The molecular weight excluding hydrogens is 300 g/mol. The molecule has 0 heterocycles. The number of methoxy groups -OCH3 is 1. The van der Waals surface area contributed by atoms with Gasteiger partial charge in [0, 0.05) is 20.3 Å². The van der Waals surface area contributed by atoms with Crippen LogP contribution in [0.3, 0.4) is 0 Å². The molecule has 2 fully saturated rings. The van der Waals surface area contributed by atoms with Crippen molar-refractivity contribution < 1.29 is 9.47 Å². The highest BCUT2D eigenvalue weighted by atomic mass is 16.5. The van der Waals surface area contributed by atoms with Gasteiger partial charge in [0.05, 0.1) is 11.7 Å². The summed E-state index contributed by atoms with van der Waals surface area (Å²) in [4.78, 5) is 0. The lowest BCUT2D eigenvalue weighted by Gasteiger charge is -2.42. The molecule has 2 aliphatic carbocycles. The molecule has 1 atom stereocenters. The van der Waals surface area contributed by atoms with E-state index in [1.165, 1.54) is 32.1 Å². The van der Waals surface area contributed by atoms with Crippen LogP contribution < -0.4 is 10.6 Å². The third kappa shape index (κ3) is 6.62. The maximum Gasteiger partial charge on any atom is 0.0806 e. The molecule has 0 bridgehead atoms. The van der Waals surface area contributed by atoms with E-state index in [1.54, 1.807) is 0 Å². The Morgan fingerprint density at radius 3 is 2.42 bits per heavy atom. The molecule has 24 heavy (non-hydrogen) atoms. The smallest absolute Gasteiger partial charge is 0.0806 e. The van der Waals surface area contributed by atoms with Gasteiger partial charge in [-0.15, -0.1) is 0 Å². The Kier molecular flexibility index (Phi) is 8.48. The number of ether oxygens (including phenoxy) is 2. The zero-order chi connectivity index (χ0) is 17.4. The number of rotatable bonds is 13. The normalized spacial score (nSPS) is 26.9. The first kappa shape index (κ1) is 20.2. The minimum absolute atomic E-state index is 0.142. The Labute approximate surface area is 149 Å². The minimum Gasteiger partial charge on any atom is -0.381 e. The van der Waals surface area contributed by atoms with Gasteiger partial charge in [0.1, 0.15) is 0 Å². The van der Waals surface area contributed by atoms with Gasteiger partial charge in [0.2, 0.25) is 0 Å². The average Bonchev–Trinajstić information content (AvgIpc) is 2.46. The third-order valence-corrected chi connectivity index (χ3v) is 5.74. The van der Waals surface area contributed by atoms with Crippen molar-refractivity contribution in [2.75, 3.05) is 39.9 Å². The molecule has 1 unspecified atom stereocenters. The van der Waals surface area contributed by atoms with Gasteiger partial charge in [-0.25, -0.2) is 0 Å². The van der Waals surface area contributed by atoms with E-state index < -0.39 is 0 Å². The van der Waals surface area contributed by atoms with Crippen LogP contribution in [0.15, 0.2) is 0 Å². The van der Waals surface area contributed by atoms with Crippen molar-refractivity contribution in [3.8, 4) is 0 Å². The van der Waals surface area contributed by atoms with E-state index in [0.717, 1.165) is 45.1 Å². The van der Waals surface area contributed by atoms with Crippen LogP contribution in [0.5, 0.6) is 0 Å². The van der Waals surface area contributed by atoms with Crippen LogP contribution in [0.25, 0.3) is 0 Å². The molecule has 0 aliphatic heterocycles. The summed E-state index contributed by atoms with van der Waals surface area (Å²) in [6.07, 6.45) is 7.92. The summed E-state index contributed by atoms with van der Waals surface area (Å²) in [5, 5.41) is 7.22. The zero-order valence-electron chi connectivity index (χ0n) is 16.4. The molecule has 0 aromatic heterocycles. The summed E-state index contributed by atoms with van der Waals surface area (Å²) in [6, 6.07) is 0. The molecule has 2 N–H and O–H groups in total. The molecule has 142 valence electrons. The van der Waals surface area contributed by atoms with E-state index in [1.807, 2.05) is 7.11 Å². The van der Waals surface area contributed by atoms with E-state index in [2.05, 4.69) is 31.4 Å². The van der Waals surface area contributed by atoms with E-state index in [-0.39, 0.29) is 5.60 Å². The summed E-state index contributed by atoms with van der Waals surface area (Å²) < 4.78 is 11.6. The maximum absolute atomic E-state index is 6.30. The first-order valence-electron chi connectivity index (χ1n) is 10.1. The highest BCUT2D eigenvalue weighted by molar-refractivity contribution is 4.92. The van der Waals surface area contributed by atoms with Gasteiger partial charge in [-0.3, -0.25) is 0 Å². The van der Waals surface area contributed by atoms with Crippen LogP contribution in [0.1, 0.15) is 59.3 Å². The summed E-state index contributed by atoms with van der Waals surface area (Å²) >= 11 is 0. The molecule has 2 saturated carbocycles. The zero-order valence-corrected chi connectivity index (χ0v) is 16.4. The van der Waals surface area contributed by atoms with Crippen LogP contribution in [0.2, 0.25) is 0 Å². The van der Waals surface area contributed by atoms with Crippen molar-refractivity contribution in [1.29, 1.82) is 0 Å². The van der Waals surface area contributed by atoms with Crippen LogP contribution in [-0.2, 0) is 9.47 Å². The lowest BCUT2D eigenvalue weighted by atomic mass is 9.79. The van der Waals surface area contributed by atoms with E-state index in [4.69, 9.17) is 9.47 Å². The average molecular weight is 341 g/mol. The molecular formula is C20H40N2O2. The Morgan fingerprint density at radius 1 is 1.08 bits per heavy atom. The largest absolute Gasteiger partial charge is 0.381 e. The lowest BCUT2D eigenvalue weighted by Crippen LogP contribution is -2.49. The molecule has 4 nitrogen and oxygen atoms in total. The fourth-order valence-corrected chi connectivity index (χ4v) is 3.68. The van der Waals surface area contributed by atoms with Gasteiger partial charge >= 0.3 is 0 Å². The number of hydrogen-bond acceptors (Lipinski definition) is 4. The first-order valence-corrected chi connectivity index (χ1v) is 10.1. The summed E-state index contributed by atoms with van der Waals surface area (Å²) in [6.45, 7) is 12.1. The van der Waals surface area contributed by atoms with Gasteiger partial charge in [0.25, 0.3) is 0 Å². The molecule has 4 heteroatoms. The highest BCUT2D eigenvalue weighted by Crippen LogP contribution is 2.35. The van der Waals surface area contributed by atoms with Gasteiger partial charge in [0.15, 0.2) is 0 Å². The molecule has 0 spiro atoms.